The number of hydrogen-bond acceptors (Lipinski definition) is 3. The van der Waals surface area contributed by atoms with E-state index in [9.17, 15) is 14.8 Å². The monoisotopic (exact) mass is 337 g/mol. The minimum atomic E-state index is -4.53. The first-order chi connectivity index (χ1) is 10.8. The summed E-state index contributed by atoms with van der Waals surface area (Å²) in [5.74, 6) is 0.280. The number of aliphatic hydroxyl groups excluding tert-OH is 1. The van der Waals surface area contributed by atoms with Crippen LogP contribution >= 0.6 is 7.75 Å². The first-order valence-corrected chi connectivity index (χ1v) is 8.88. The third kappa shape index (κ3) is 5.06. The number of rotatable bonds is 5. The zero-order chi connectivity index (χ0) is 17.0. The zero-order valence-electron chi connectivity index (χ0n) is 12.8. The maximum atomic E-state index is 11.2. The van der Waals surface area contributed by atoms with Crippen molar-refractivity contribution < 1.29 is 24.6 Å². The maximum absolute atomic E-state index is 11.2. The van der Waals surface area contributed by atoms with Crippen LogP contribution in [0, 0.1) is 0 Å². The van der Waals surface area contributed by atoms with Crippen molar-refractivity contribution >= 4 is 13.5 Å². The molecule has 0 aromatic heterocycles. The lowest BCUT2D eigenvalue weighted by Gasteiger charge is -2.21. The maximum Gasteiger partial charge on any atom is 0.448 e. The number of hydrogen-bond donors (Lipinski definition) is 4. The van der Waals surface area contributed by atoms with E-state index in [1.807, 2.05) is 13.0 Å². The number of allylic oxidation sites excluding steroid dienone is 3. The van der Waals surface area contributed by atoms with E-state index >= 15 is 0 Å². The van der Waals surface area contributed by atoms with Crippen LogP contribution in [0.5, 0.6) is 5.75 Å². The molecule has 1 aliphatic carbocycles. The molecule has 0 saturated heterocycles. The molecule has 1 unspecified atom stereocenters. The fourth-order valence-electron chi connectivity index (χ4n) is 2.63. The molecular formula is C16H20NO5P. The summed E-state index contributed by atoms with van der Waals surface area (Å²) in [4.78, 5) is 18.2. The Morgan fingerprint density at radius 2 is 2.04 bits per heavy atom. The average Bonchev–Trinajstić information content (AvgIpc) is 2.46. The van der Waals surface area contributed by atoms with Crippen molar-refractivity contribution in [3.8, 4) is 5.75 Å². The molecule has 0 heterocycles. The fraction of sp³-hybridized carbons (Fsp3) is 0.312. The van der Waals surface area contributed by atoms with Gasteiger partial charge in [0.15, 0.2) is 0 Å². The van der Waals surface area contributed by atoms with Crippen molar-refractivity contribution in [1.82, 2.24) is 0 Å². The highest BCUT2D eigenvalue weighted by molar-refractivity contribution is 7.50. The van der Waals surface area contributed by atoms with Gasteiger partial charge in [0.2, 0.25) is 0 Å². The lowest BCUT2D eigenvalue weighted by molar-refractivity contribution is 0.375. The smallest absolute Gasteiger partial charge is 0.448 e. The van der Waals surface area contributed by atoms with Crippen LogP contribution < -0.4 is 0 Å². The topological polar surface area (TPSA) is 110 Å². The molecule has 1 atom stereocenters. The second-order valence-corrected chi connectivity index (χ2v) is 6.69. The van der Waals surface area contributed by atoms with E-state index in [0.717, 1.165) is 12.0 Å². The number of benzene rings is 1. The number of phenols is 1. The SMILES string of the molecule is CCC(CC1=CC(O)=CCC1=NP(=O)(O)O)c1cccc(O)c1. The van der Waals surface area contributed by atoms with E-state index in [1.165, 1.54) is 12.2 Å². The molecule has 0 aliphatic heterocycles. The van der Waals surface area contributed by atoms with Crippen LogP contribution in [-0.2, 0) is 4.57 Å². The predicted molar refractivity (Wildman–Crippen MR) is 88.6 cm³/mol. The summed E-state index contributed by atoms with van der Waals surface area (Å²) in [7, 11) is -4.53. The zero-order valence-corrected chi connectivity index (χ0v) is 13.6. The highest BCUT2D eigenvalue weighted by atomic mass is 31.2. The Balaban J connectivity index is 2.31. The van der Waals surface area contributed by atoms with Gasteiger partial charge in [-0.05, 0) is 54.2 Å². The van der Waals surface area contributed by atoms with Crippen molar-refractivity contribution in [2.75, 3.05) is 0 Å². The standard InChI is InChI=1S/C16H20NO5P/c1-2-11(12-4-3-5-14(18)9-12)8-13-10-15(19)6-7-16(13)17-23(20,21)22/h3-6,9-11,18-19H,2,7-8H2,1H3,(H2,20,21,22). The molecule has 0 fully saturated rings. The van der Waals surface area contributed by atoms with Gasteiger partial charge in [-0.2, -0.15) is 4.76 Å². The number of aromatic hydroxyl groups is 1. The first-order valence-electron chi connectivity index (χ1n) is 7.32. The normalized spacial score (nSPS) is 18.5. The van der Waals surface area contributed by atoms with Gasteiger partial charge < -0.3 is 20.0 Å². The summed E-state index contributed by atoms with van der Waals surface area (Å²) in [5.41, 5.74) is 1.82. The molecule has 4 N–H and O–H groups in total. The molecule has 124 valence electrons. The summed E-state index contributed by atoms with van der Waals surface area (Å²) in [5, 5.41) is 19.3. The Morgan fingerprint density at radius 3 is 2.65 bits per heavy atom. The van der Waals surface area contributed by atoms with Gasteiger partial charge >= 0.3 is 7.75 Å². The van der Waals surface area contributed by atoms with E-state index in [4.69, 9.17) is 9.79 Å². The van der Waals surface area contributed by atoms with Crippen molar-refractivity contribution in [3.05, 3.63) is 53.3 Å². The molecule has 2 rings (SSSR count). The van der Waals surface area contributed by atoms with Crippen LogP contribution in [0.2, 0.25) is 0 Å². The summed E-state index contributed by atoms with van der Waals surface area (Å²) in [6, 6.07) is 6.91. The Morgan fingerprint density at radius 1 is 1.30 bits per heavy atom. The van der Waals surface area contributed by atoms with Gasteiger partial charge in [0.1, 0.15) is 11.5 Å². The van der Waals surface area contributed by atoms with Gasteiger partial charge in [0, 0.05) is 6.42 Å². The number of aliphatic hydroxyl groups is 1. The molecule has 0 bridgehead atoms. The third-order valence-electron chi connectivity index (χ3n) is 3.75. The molecule has 0 amide bonds. The van der Waals surface area contributed by atoms with Crippen molar-refractivity contribution in [1.29, 1.82) is 0 Å². The van der Waals surface area contributed by atoms with Gasteiger partial charge in [0.25, 0.3) is 0 Å². The molecule has 0 radical (unpaired) electrons. The second-order valence-electron chi connectivity index (χ2n) is 5.47. The number of nitrogens with zero attached hydrogens (tertiary/aromatic N) is 1. The average molecular weight is 337 g/mol. The molecule has 0 saturated carbocycles. The molecule has 1 aliphatic rings. The van der Waals surface area contributed by atoms with Crippen LogP contribution in [0.3, 0.4) is 0 Å². The lowest BCUT2D eigenvalue weighted by atomic mass is 9.86. The highest BCUT2D eigenvalue weighted by Crippen LogP contribution is 2.39. The number of phenolic OH excluding ortho intramolecular Hbond substituents is 1. The van der Waals surface area contributed by atoms with E-state index in [-0.39, 0.29) is 29.6 Å². The summed E-state index contributed by atoms with van der Waals surface area (Å²) >= 11 is 0. The molecule has 1 aromatic rings. The quantitative estimate of drug-likeness (QED) is 0.614. The van der Waals surface area contributed by atoms with Crippen LogP contribution in [0.25, 0.3) is 0 Å². The highest BCUT2D eigenvalue weighted by Gasteiger charge is 2.21. The van der Waals surface area contributed by atoms with E-state index in [1.54, 1.807) is 18.2 Å². The van der Waals surface area contributed by atoms with Crippen molar-refractivity contribution in [3.63, 3.8) is 0 Å². The summed E-state index contributed by atoms with van der Waals surface area (Å²) in [6.45, 7) is 1.99. The lowest BCUT2D eigenvalue weighted by Crippen LogP contribution is -2.11. The third-order valence-corrected chi connectivity index (χ3v) is 4.25. The molecular weight excluding hydrogens is 317 g/mol. The van der Waals surface area contributed by atoms with Crippen LogP contribution in [-0.4, -0.2) is 25.7 Å². The van der Waals surface area contributed by atoms with Gasteiger partial charge in [-0.15, -0.1) is 0 Å². The van der Waals surface area contributed by atoms with Crippen LogP contribution in [0.1, 0.15) is 37.7 Å². The van der Waals surface area contributed by atoms with Crippen molar-refractivity contribution in [2.24, 2.45) is 4.76 Å². The molecule has 1 aromatic carbocycles. The predicted octanol–water partition coefficient (Wildman–Crippen LogP) is 3.58. The molecule has 6 nitrogen and oxygen atoms in total. The second kappa shape index (κ2) is 7.13. The molecule has 23 heavy (non-hydrogen) atoms. The van der Waals surface area contributed by atoms with E-state index in [0.29, 0.717) is 12.0 Å². The van der Waals surface area contributed by atoms with Crippen molar-refractivity contribution in [2.45, 2.75) is 32.1 Å². The molecule has 7 heteroatoms. The Kier molecular flexibility index (Phi) is 5.42. The molecule has 0 spiro atoms. The van der Waals surface area contributed by atoms with E-state index in [2.05, 4.69) is 4.76 Å². The summed E-state index contributed by atoms with van der Waals surface area (Å²) < 4.78 is 14.7. The minimum absolute atomic E-state index is 0.0428. The van der Waals surface area contributed by atoms with Gasteiger partial charge in [-0.1, -0.05) is 19.1 Å². The fourth-order valence-corrected chi connectivity index (χ4v) is 3.16. The van der Waals surface area contributed by atoms with Gasteiger partial charge in [-0.3, -0.25) is 0 Å². The van der Waals surface area contributed by atoms with Crippen LogP contribution in [0.4, 0.5) is 0 Å². The Hall–Kier alpha value is -1.88. The Bertz CT molecular complexity index is 717. The Labute approximate surface area is 134 Å². The minimum Gasteiger partial charge on any atom is -0.508 e. The van der Waals surface area contributed by atoms with Gasteiger partial charge in [0.05, 0.1) is 5.71 Å². The van der Waals surface area contributed by atoms with Crippen LogP contribution in [0.15, 0.2) is 52.5 Å². The summed E-state index contributed by atoms with van der Waals surface area (Å²) in [6.07, 6.45) is 4.38. The van der Waals surface area contributed by atoms with E-state index < -0.39 is 7.75 Å². The first kappa shape index (κ1) is 17.5. The largest absolute Gasteiger partial charge is 0.508 e. The van der Waals surface area contributed by atoms with Gasteiger partial charge in [-0.25, -0.2) is 4.57 Å².